The third-order valence-electron chi connectivity index (χ3n) is 2.84. The van der Waals surface area contributed by atoms with E-state index in [0.29, 0.717) is 11.1 Å². The third-order valence-corrected chi connectivity index (χ3v) is 3.66. The number of hydrogen-bond acceptors (Lipinski definition) is 5. The molecule has 0 spiro atoms. The van der Waals surface area contributed by atoms with E-state index in [1.807, 2.05) is 31.2 Å². The number of anilines is 1. The zero-order chi connectivity index (χ0) is 15.2. The molecular weight excluding hydrogens is 288 g/mol. The summed E-state index contributed by atoms with van der Waals surface area (Å²) in [7, 11) is 0. The molecule has 1 atom stereocenters. The molecular formula is C14H19N4O2S+. The molecule has 0 aliphatic rings. The number of benzene rings is 1. The topological polar surface area (TPSA) is 95.7 Å². The number of rotatable bonds is 6. The molecule has 1 amide bonds. The molecule has 0 fully saturated rings. The van der Waals surface area contributed by atoms with Gasteiger partial charge in [0.25, 0.3) is 11.1 Å². The minimum atomic E-state index is -0.0941. The van der Waals surface area contributed by atoms with Crippen LogP contribution in [0.2, 0.25) is 0 Å². The van der Waals surface area contributed by atoms with Gasteiger partial charge < -0.3 is 15.5 Å². The molecule has 1 aromatic carbocycles. The smallest absolute Gasteiger partial charge is 0.277 e. The van der Waals surface area contributed by atoms with E-state index in [1.54, 1.807) is 0 Å². The van der Waals surface area contributed by atoms with Crippen molar-refractivity contribution in [3.05, 3.63) is 35.7 Å². The molecule has 21 heavy (non-hydrogen) atoms. The van der Waals surface area contributed by atoms with E-state index in [-0.39, 0.29) is 17.7 Å². The quantitative estimate of drug-likeness (QED) is 0.791. The van der Waals surface area contributed by atoms with Crippen LogP contribution in [0.4, 0.5) is 5.69 Å². The van der Waals surface area contributed by atoms with E-state index in [9.17, 15) is 4.79 Å². The molecule has 0 radical (unpaired) electrons. The van der Waals surface area contributed by atoms with Gasteiger partial charge in [-0.3, -0.25) is 4.79 Å². The molecule has 2 aromatic rings. The van der Waals surface area contributed by atoms with Crippen LogP contribution in [0.25, 0.3) is 0 Å². The lowest BCUT2D eigenvalue weighted by Gasteiger charge is -2.08. The Labute approximate surface area is 127 Å². The Kier molecular flexibility index (Phi) is 5.35. The maximum Gasteiger partial charge on any atom is 0.277 e. The molecule has 4 N–H and O–H groups in total. The van der Waals surface area contributed by atoms with Gasteiger partial charge in [-0.15, -0.1) is 10.2 Å². The average molecular weight is 307 g/mol. The van der Waals surface area contributed by atoms with Crippen LogP contribution in [-0.2, 0) is 11.2 Å². The minimum Gasteiger partial charge on any atom is -0.410 e. The van der Waals surface area contributed by atoms with Crippen LogP contribution in [0.15, 0.2) is 33.9 Å². The highest BCUT2D eigenvalue weighted by Gasteiger charge is 2.14. The fourth-order valence-electron chi connectivity index (χ4n) is 1.74. The van der Waals surface area contributed by atoms with Crippen LogP contribution in [0, 0.1) is 0 Å². The van der Waals surface area contributed by atoms with Crippen molar-refractivity contribution in [1.82, 2.24) is 10.2 Å². The van der Waals surface area contributed by atoms with E-state index in [2.05, 4.69) is 28.2 Å². The molecule has 0 saturated carbocycles. The number of aromatic nitrogens is 2. The monoisotopic (exact) mass is 307 g/mol. The zero-order valence-electron chi connectivity index (χ0n) is 12.1. The second-order valence-corrected chi connectivity index (χ2v) is 5.58. The Morgan fingerprint density at radius 1 is 1.43 bits per heavy atom. The lowest BCUT2D eigenvalue weighted by atomic mass is 10.1. The first kappa shape index (κ1) is 15.5. The van der Waals surface area contributed by atoms with Gasteiger partial charge in [0.15, 0.2) is 6.04 Å². The van der Waals surface area contributed by atoms with Crippen LogP contribution >= 0.6 is 11.8 Å². The first-order chi connectivity index (χ1) is 10.1. The van der Waals surface area contributed by atoms with Crippen molar-refractivity contribution in [2.24, 2.45) is 0 Å². The van der Waals surface area contributed by atoms with E-state index < -0.39 is 0 Å². The lowest BCUT2D eigenvalue weighted by molar-refractivity contribution is -0.425. The van der Waals surface area contributed by atoms with Gasteiger partial charge in [0.2, 0.25) is 5.91 Å². The summed E-state index contributed by atoms with van der Waals surface area (Å²) in [5.41, 5.74) is 5.77. The highest BCUT2D eigenvalue weighted by molar-refractivity contribution is 7.99. The summed E-state index contributed by atoms with van der Waals surface area (Å²) in [5.74, 6) is 0.614. The van der Waals surface area contributed by atoms with Gasteiger partial charge in [-0.1, -0.05) is 36.9 Å². The van der Waals surface area contributed by atoms with Gasteiger partial charge in [0.05, 0.1) is 5.75 Å². The third kappa shape index (κ3) is 4.30. The first-order valence-corrected chi connectivity index (χ1v) is 7.75. The Hall–Kier alpha value is -1.86. The van der Waals surface area contributed by atoms with Crippen molar-refractivity contribution in [2.75, 3.05) is 11.1 Å². The van der Waals surface area contributed by atoms with Crippen LogP contribution < -0.4 is 11.1 Å². The molecule has 0 saturated heterocycles. The van der Waals surface area contributed by atoms with Gasteiger partial charge in [-0.05, 0) is 25.0 Å². The van der Waals surface area contributed by atoms with E-state index in [0.717, 1.165) is 17.7 Å². The summed E-state index contributed by atoms with van der Waals surface area (Å²) in [6.07, 6.45) is 0.873. The predicted molar refractivity (Wildman–Crippen MR) is 80.8 cm³/mol. The van der Waals surface area contributed by atoms with Crippen LogP contribution in [-0.4, -0.2) is 21.9 Å². The Bertz CT molecular complexity index is 613. The van der Waals surface area contributed by atoms with Crippen molar-refractivity contribution in [1.29, 1.82) is 0 Å². The van der Waals surface area contributed by atoms with Crippen LogP contribution in [0.5, 0.6) is 0 Å². The Morgan fingerprint density at radius 2 is 2.19 bits per heavy atom. The summed E-state index contributed by atoms with van der Waals surface area (Å²) in [4.78, 5) is 12.0. The lowest BCUT2D eigenvalue weighted by Crippen LogP contribution is -2.51. The van der Waals surface area contributed by atoms with Crippen LogP contribution in [0.1, 0.15) is 31.3 Å². The molecule has 6 nitrogen and oxygen atoms in total. The number of carbonyl (C=O) groups is 1. The molecule has 1 aromatic heterocycles. The highest BCUT2D eigenvalue weighted by Crippen LogP contribution is 2.19. The average Bonchev–Trinajstić information content (AvgIpc) is 2.95. The zero-order valence-corrected chi connectivity index (χ0v) is 12.9. The van der Waals surface area contributed by atoms with E-state index >= 15 is 0 Å². The fourth-order valence-corrected chi connectivity index (χ4v) is 2.31. The highest BCUT2D eigenvalue weighted by atomic mass is 32.2. The maximum atomic E-state index is 12.0. The van der Waals surface area contributed by atoms with Gasteiger partial charge in [0, 0.05) is 5.69 Å². The van der Waals surface area contributed by atoms with Crippen molar-refractivity contribution in [3.8, 4) is 0 Å². The van der Waals surface area contributed by atoms with Gasteiger partial charge in [-0.25, -0.2) is 0 Å². The van der Waals surface area contributed by atoms with Crippen molar-refractivity contribution in [3.63, 3.8) is 0 Å². The largest absolute Gasteiger partial charge is 0.410 e. The molecule has 1 heterocycles. The number of amides is 1. The summed E-state index contributed by atoms with van der Waals surface area (Å²) < 4.78 is 5.39. The van der Waals surface area contributed by atoms with E-state index in [4.69, 9.17) is 4.42 Å². The molecule has 2 rings (SSSR count). The summed E-state index contributed by atoms with van der Waals surface area (Å²) >= 11 is 1.22. The molecule has 0 bridgehead atoms. The number of nitrogens with one attached hydrogen (secondary N) is 1. The SMILES string of the molecule is CCc1ccccc1NC(=O)CSc1nnc(C(C)[NH3+])o1. The molecule has 112 valence electrons. The Morgan fingerprint density at radius 3 is 2.86 bits per heavy atom. The van der Waals surface area contributed by atoms with E-state index in [1.165, 1.54) is 11.8 Å². The first-order valence-electron chi connectivity index (χ1n) is 6.77. The van der Waals surface area contributed by atoms with Gasteiger partial charge in [0.1, 0.15) is 0 Å². The molecule has 7 heteroatoms. The summed E-state index contributed by atoms with van der Waals surface area (Å²) in [6.45, 7) is 3.93. The van der Waals surface area contributed by atoms with Crippen LogP contribution in [0.3, 0.4) is 0 Å². The fraction of sp³-hybridized carbons (Fsp3) is 0.357. The second kappa shape index (κ2) is 7.24. The van der Waals surface area contributed by atoms with Gasteiger partial charge in [-0.2, -0.15) is 0 Å². The second-order valence-electron chi connectivity index (χ2n) is 4.65. The minimum absolute atomic E-state index is 0.0582. The maximum absolute atomic E-state index is 12.0. The predicted octanol–water partition coefficient (Wildman–Crippen LogP) is 1.67. The number of quaternary nitrogens is 1. The van der Waals surface area contributed by atoms with Crippen molar-refractivity contribution < 1.29 is 14.9 Å². The van der Waals surface area contributed by atoms with Crippen molar-refractivity contribution in [2.45, 2.75) is 31.5 Å². The standard InChI is InChI=1S/C14H18N4O2S/c1-3-10-6-4-5-7-11(10)16-12(19)8-21-14-18-17-13(20-14)9(2)15/h4-7,9H,3,8,15H2,1-2H3,(H,16,19)/p+1. The van der Waals surface area contributed by atoms with Crippen molar-refractivity contribution >= 4 is 23.4 Å². The normalized spacial score (nSPS) is 12.1. The number of aryl methyl sites for hydroxylation is 1. The number of nitrogens with zero attached hydrogens (tertiary/aromatic N) is 2. The number of para-hydroxylation sites is 1. The summed E-state index contributed by atoms with van der Waals surface area (Å²) in [5, 5.41) is 11.0. The molecule has 0 aliphatic heterocycles. The number of hydrogen-bond donors (Lipinski definition) is 2. The van der Waals surface area contributed by atoms with Gasteiger partial charge >= 0.3 is 0 Å². The summed E-state index contributed by atoms with van der Waals surface area (Å²) in [6, 6.07) is 7.71. The molecule has 0 aliphatic carbocycles. The number of thioether (sulfide) groups is 1. The molecule has 1 unspecified atom stereocenters. The number of carbonyl (C=O) groups excluding carboxylic acids is 1. The Balaban J connectivity index is 1.89.